The molecule has 0 aromatic heterocycles. The minimum absolute atomic E-state index is 0.0390. The summed E-state index contributed by atoms with van der Waals surface area (Å²) in [5.41, 5.74) is -0.0577. The minimum Gasteiger partial charge on any atom is -0.277 e. The van der Waals surface area contributed by atoms with E-state index in [1.807, 2.05) is 0 Å². The molecule has 0 radical (unpaired) electrons. The molecule has 0 unspecified atom stereocenters. The zero-order valence-corrected chi connectivity index (χ0v) is 13.6. The van der Waals surface area contributed by atoms with Crippen molar-refractivity contribution in [1.82, 2.24) is 0 Å². The summed E-state index contributed by atoms with van der Waals surface area (Å²) in [4.78, 5) is 0.0390. The number of rotatable bonds is 3. The highest BCUT2D eigenvalue weighted by Gasteiger charge is 2.18. The molecule has 0 bridgehead atoms. The van der Waals surface area contributed by atoms with Gasteiger partial charge in [0, 0.05) is 4.47 Å². The Labute approximate surface area is 133 Å². The van der Waals surface area contributed by atoms with E-state index in [-0.39, 0.29) is 20.6 Å². The molecule has 0 heterocycles. The Morgan fingerprint density at radius 3 is 2.05 bits per heavy atom. The molecule has 0 aliphatic heterocycles. The maximum absolute atomic E-state index is 13.1. The van der Waals surface area contributed by atoms with Crippen molar-refractivity contribution >= 4 is 54.8 Å². The lowest BCUT2D eigenvalue weighted by atomic mass is 10.3. The average Bonchev–Trinajstić information content (AvgIpc) is 2.34. The molecule has 2 rings (SSSR count). The molecule has 8 heteroatoms. The first kappa shape index (κ1) is 15.6. The number of anilines is 1. The zero-order valence-electron chi connectivity index (χ0n) is 9.70. The van der Waals surface area contributed by atoms with Crippen molar-refractivity contribution in [2.75, 3.05) is 4.72 Å². The van der Waals surface area contributed by atoms with Gasteiger partial charge in [0.25, 0.3) is 10.0 Å². The topological polar surface area (TPSA) is 46.2 Å². The van der Waals surface area contributed by atoms with E-state index in [0.29, 0.717) is 0 Å². The predicted molar refractivity (Wildman–Crippen MR) is 81.4 cm³/mol. The van der Waals surface area contributed by atoms with E-state index in [4.69, 9.17) is 23.2 Å². The van der Waals surface area contributed by atoms with E-state index in [1.54, 1.807) is 12.1 Å². The zero-order chi connectivity index (χ0) is 14.9. The van der Waals surface area contributed by atoms with Gasteiger partial charge in [-0.1, -0.05) is 39.1 Å². The fourth-order valence-electron chi connectivity index (χ4n) is 1.45. The smallest absolute Gasteiger partial charge is 0.261 e. The SMILES string of the molecule is O=S(=O)(Nc1c(Cl)cc(F)cc1Cl)c1ccc(Br)cc1. The molecule has 1 N–H and O–H groups in total. The van der Waals surface area contributed by atoms with E-state index in [9.17, 15) is 12.8 Å². The molecular weight excluding hydrogens is 392 g/mol. The van der Waals surface area contributed by atoms with Crippen LogP contribution in [0.4, 0.5) is 10.1 Å². The van der Waals surface area contributed by atoms with Crippen LogP contribution in [-0.2, 0) is 10.0 Å². The van der Waals surface area contributed by atoms with Gasteiger partial charge in [-0.2, -0.15) is 0 Å². The molecule has 0 amide bonds. The molecule has 0 aliphatic carbocycles. The molecule has 2 aromatic carbocycles. The van der Waals surface area contributed by atoms with Gasteiger partial charge in [0.15, 0.2) is 0 Å². The van der Waals surface area contributed by atoms with Crippen LogP contribution in [-0.4, -0.2) is 8.42 Å². The van der Waals surface area contributed by atoms with Gasteiger partial charge in [-0.15, -0.1) is 0 Å². The van der Waals surface area contributed by atoms with Crippen LogP contribution in [0.2, 0.25) is 10.0 Å². The molecule has 0 saturated heterocycles. The van der Waals surface area contributed by atoms with Crippen molar-refractivity contribution in [3.05, 3.63) is 56.7 Å². The third kappa shape index (κ3) is 3.44. The Balaban J connectivity index is 2.41. The minimum atomic E-state index is -3.85. The fraction of sp³-hybridized carbons (Fsp3) is 0. The van der Waals surface area contributed by atoms with Crippen molar-refractivity contribution in [2.45, 2.75) is 4.90 Å². The number of hydrogen-bond donors (Lipinski definition) is 1. The molecule has 0 aliphatic rings. The summed E-state index contributed by atoms with van der Waals surface area (Å²) in [6.45, 7) is 0. The van der Waals surface area contributed by atoms with Gasteiger partial charge in [-0.3, -0.25) is 4.72 Å². The van der Waals surface area contributed by atoms with Crippen LogP contribution in [0.15, 0.2) is 45.8 Å². The normalized spacial score (nSPS) is 11.4. The third-order valence-corrected chi connectivity index (χ3v) is 4.86. The highest BCUT2D eigenvalue weighted by molar-refractivity contribution is 9.10. The summed E-state index contributed by atoms with van der Waals surface area (Å²) in [5, 5.41) is -0.230. The summed E-state index contributed by atoms with van der Waals surface area (Å²) >= 11 is 14.8. The quantitative estimate of drug-likeness (QED) is 0.814. The molecular formula is C12H7BrCl2FNO2S. The van der Waals surface area contributed by atoms with Crippen molar-refractivity contribution in [1.29, 1.82) is 0 Å². The van der Waals surface area contributed by atoms with Crippen LogP contribution < -0.4 is 4.72 Å². The van der Waals surface area contributed by atoms with E-state index in [0.717, 1.165) is 16.6 Å². The predicted octanol–water partition coefficient (Wildman–Crippen LogP) is 4.70. The lowest BCUT2D eigenvalue weighted by Crippen LogP contribution is -2.13. The fourth-order valence-corrected chi connectivity index (χ4v) is 3.48. The molecule has 20 heavy (non-hydrogen) atoms. The first-order valence-electron chi connectivity index (χ1n) is 5.22. The maximum Gasteiger partial charge on any atom is 0.261 e. The van der Waals surface area contributed by atoms with Gasteiger partial charge in [0.2, 0.25) is 0 Å². The van der Waals surface area contributed by atoms with Gasteiger partial charge in [-0.25, -0.2) is 12.8 Å². The largest absolute Gasteiger partial charge is 0.277 e. The van der Waals surface area contributed by atoms with Crippen molar-refractivity contribution < 1.29 is 12.8 Å². The number of nitrogens with one attached hydrogen (secondary N) is 1. The summed E-state index contributed by atoms with van der Waals surface area (Å²) < 4.78 is 40.4. The van der Waals surface area contributed by atoms with Gasteiger partial charge in [0.1, 0.15) is 5.82 Å². The third-order valence-electron chi connectivity index (χ3n) is 2.37. The second-order valence-corrected chi connectivity index (χ2v) is 7.22. The highest BCUT2D eigenvalue weighted by atomic mass is 79.9. The average molecular weight is 399 g/mol. The van der Waals surface area contributed by atoms with E-state index < -0.39 is 15.8 Å². The van der Waals surface area contributed by atoms with Gasteiger partial charge < -0.3 is 0 Å². The number of hydrogen-bond acceptors (Lipinski definition) is 2. The summed E-state index contributed by atoms with van der Waals surface area (Å²) in [7, 11) is -3.85. The highest BCUT2D eigenvalue weighted by Crippen LogP contribution is 2.33. The van der Waals surface area contributed by atoms with Crippen molar-refractivity contribution in [3.63, 3.8) is 0 Å². The second-order valence-electron chi connectivity index (χ2n) is 3.80. The Kier molecular flexibility index (Phi) is 4.59. The maximum atomic E-state index is 13.1. The van der Waals surface area contributed by atoms with E-state index in [1.165, 1.54) is 12.1 Å². The summed E-state index contributed by atoms with van der Waals surface area (Å²) in [6, 6.07) is 7.96. The molecule has 106 valence electrons. The van der Waals surface area contributed by atoms with Crippen LogP contribution >= 0.6 is 39.1 Å². The van der Waals surface area contributed by atoms with Crippen molar-refractivity contribution in [2.24, 2.45) is 0 Å². The molecule has 3 nitrogen and oxygen atoms in total. The second kappa shape index (κ2) is 5.89. The summed E-state index contributed by atoms with van der Waals surface area (Å²) in [6.07, 6.45) is 0. The first-order valence-corrected chi connectivity index (χ1v) is 8.26. The molecule has 0 spiro atoms. The standard InChI is InChI=1S/C12H7BrCl2FNO2S/c13-7-1-3-9(4-2-7)20(18,19)17-12-10(14)5-8(16)6-11(12)15/h1-6,17H. The van der Waals surface area contributed by atoms with Crippen LogP contribution in [0.3, 0.4) is 0 Å². The van der Waals surface area contributed by atoms with Crippen molar-refractivity contribution in [3.8, 4) is 0 Å². The van der Waals surface area contributed by atoms with Gasteiger partial charge >= 0.3 is 0 Å². The van der Waals surface area contributed by atoms with Gasteiger partial charge in [0.05, 0.1) is 20.6 Å². The molecule has 2 aromatic rings. The van der Waals surface area contributed by atoms with Crippen LogP contribution in [0, 0.1) is 5.82 Å². The Hall–Kier alpha value is -0.820. The van der Waals surface area contributed by atoms with E-state index in [2.05, 4.69) is 20.7 Å². The number of sulfonamides is 1. The van der Waals surface area contributed by atoms with Crippen LogP contribution in [0.25, 0.3) is 0 Å². The monoisotopic (exact) mass is 397 g/mol. The number of benzene rings is 2. The molecule has 0 atom stereocenters. The summed E-state index contributed by atoms with van der Waals surface area (Å²) in [5.74, 6) is -0.647. The lowest BCUT2D eigenvalue weighted by molar-refractivity contribution is 0.601. The molecule has 0 fully saturated rings. The molecule has 0 saturated carbocycles. The number of halogens is 4. The van der Waals surface area contributed by atoms with Gasteiger partial charge in [-0.05, 0) is 36.4 Å². The van der Waals surface area contributed by atoms with Crippen LogP contribution in [0.1, 0.15) is 0 Å². The lowest BCUT2D eigenvalue weighted by Gasteiger charge is -2.11. The Morgan fingerprint density at radius 2 is 1.55 bits per heavy atom. The van der Waals surface area contributed by atoms with Crippen LogP contribution in [0.5, 0.6) is 0 Å². The first-order chi connectivity index (χ1) is 9.29. The Morgan fingerprint density at radius 1 is 1.05 bits per heavy atom. The Bertz CT molecular complexity index is 728. The van der Waals surface area contributed by atoms with E-state index >= 15 is 0 Å².